The molecule has 0 aliphatic heterocycles. The van der Waals surface area contributed by atoms with Crippen molar-refractivity contribution in [3.8, 4) is 5.75 Å². The number of fused-ring (bicyclic) bond motifs is 1. The highest BCUT2D eigenvalue weighted by atomic mass is 35.5. The normalized spacial score (nSPS) is 10.6. The van der Waals surface area contributed by atoms with Crippen molar-refractivity contribution in [3.63, 3.8) is 0 Å². The molecule has 0 saturated heterocycles. The van der Waals surface area contributed by atoms with Crippen LogP contribution in [-0.2, 0) is 6.61 Å². The molecule has 0 atom stereocenters. The molecule has 3 aromatic carbocycles. The molecular weight excluding hydrogens is 300 g/mol. The summed E-state index contributed by atoms with van der Waals surface area (Å²) in [5.74, 6) is -0.372. The Balaban J connectivity index is 1.90. The number of carboxylic acids is 1. The summed E-state index contributed by atoms with van der Waals surface area (Å²) in [6, 6.07) is 18.2. The monoisotopic (exact) mass is 312 g/mol. The topological polar surface area (TPSA) is 46.5 Å². The first-order valence-electron chi connectivity index (χ1n) is 6.77. The molecule has 0 aliphatic carbocycles. The number of hydrogen-bond donors (Lipinski definition) is 1. The maximum absolute atomic E-state index is 11.0. The average Bonchev–Trinajstić information content (AvgIpc) is 2.55. The fraction of sp³-hybridized carbons (Fsp3) is 0.0556. The molecule has 0 unspecified atom stereocenters. The molecule has 3 rings (SSSR count). The Hall–Kier alpha value is -2.52. The lowest BCUT2D eigenvalue weighted by Gasteiger charge is -2.10. The largest absolute Gasteiger partial charge is 0.487 e. The van der Waals surface area contributed by atoms with E-state index in [1.165, 1.54) is 6.07 Å². The van der Waals surface area contributed by atoms with E-state index < -0.39 is 5.97 Å². The number of carboxylic acid groups (broad SMARTS) is 1. The van der Waals surface area contributed by atoms with Gasteiger partial charge in [0, 0.05) is 5.39 Å². The van der Waals surface area contributed by atoms with Crippen molar-refractivity contribution in [2.75, 3.05) is 0 Å². The van der Waals surface area contributed by atoms with Gasteiger partial charge < -0.3 is 9.84 Å². The van der Waals surface area contributed by atoms with Crippen molar-refractivity contribution in [1.82, 2.24) is 0 Å². The molecule has 0 saturated carbocycles. The average molecular weight is 313 g/mol. The fourth-order valence-electron chi connectivity index (χ4n) is 2.25. The smallest absolute Gasteiger partial charge is 0.335 e. The van der Waals surface area contributed by atoms with Gasteiger partial charge in [0.25, 0.3) is 0 Å². The van der Waals surface area contributed by atoms with Gasteiger partial charge in [-0.15, -0.1) is 0 Å². The first-order chi connectivity index (χ1) is 10.6. The molecule has 0 radical (unpaired) electrons. The van der Waals surface area contributed by atoms with Gasteiger partial charge in [0.15, 0.2) is 0 Å². The quantitative estimate of drug-likeness (QED) is 0.754. The molecule has 0 spiro atoms. The van der Waals surface area contributed by atoms with E-state index in [0.717, 1.165) is 16.3 Å². The third kappa shape index (κ3) is 2.90. The summed E-state index contributed by atoms with van der Waals surface area (Å²) in [5.41, 5.74) is 1.29. The van der Waals surface area contributed by atoms with Crippen LogP contribution in [0, 0.1) is 0 Å². The van der Waals surface area contributed by atoms with Crippen molar-refractivity contribution in [3.05, 3.63) is 76.8 Å². The zero-order valence-corrected chi connectivity index (χ0v) is 12.4. The second-order valence-corrected chi connectivity index (χ2v) is 5.27. The zero-order chi connectivity index (χ0) is 15.5. The van der Waals surface area contributed by atoms with E-state index in [2.05, 4.69) is 0 Å². The summed E-state index contributed by atoms with van der Waals surface area (Å²) in [6.45, 7) is 0.430. The Kier molecular flexibility index (Phi) is 3.98. The zero-order valence-electron chi connectivity index (χ0n) is 11.6. The molecule has 0 aliphatic rings. The van der Waals surface area contributed by atoms with Crippen molar-refractivity contribution < 1.29 is 14.6 Å². The lowest BCUT2D eigenvalue weighted by atomic mass is 10.1. The number of aromatic carboxylic acids is 1. The van der Waals surface area contributed by atoms with Crippen LogP contribution in [0.25, 0.3) is 10.8 Å². The summed E-state index contributed by atoms with van der Waals surface area (Å²) < 4.78 is 5.76. The van der Waals surface area contributed by atoms with Crippen LogP contribution in [0.3, 0.4) is 0 Å². The predicted octanol–water partition coefficient (Wildman–Crippen LogP) is 4.77. The van der Waals surface area contributed by atoms with Crippen LogP contribution < -0.4 is 4.74 Å². The molecule has 0 aromatic heterocycles. The minimum atomic E-state index is -0.956. The standard InChI is InChI=1S/C18H13ClO3/c19-17-15-8-6-14(18(20)21)10-13(15)7-9-16(17)22-11-12-4-2-1-3-5-12/h1-10H,11H2,(H,20,21). The lowest BCUT2D eigenvalue weighted by Crippen LogP contribution is -1.97. The molecule has 3 aromatic rings. The van der Waals surface area contributed by atoms with E-state index in [0.29, 0.717) is 17.4 Å². The van der Waals surface area contributed by atoms with Crippen LogP contribution in [0.1, 0.15) is 15.9 Å². The van der Waals surface area contributed by atoms with Crippen LogP contribution in [-0.4, -0.2) is 11.1 Å². The number of benzene rings is 3. The van der Waals surface area contributed by atoms with Crippen molar-refractivity contribution in [2.45, 2.75) is 6.61 Å². The lowest BCUT2D eigenvalue weighted by molar-refractivity contribution is 0.0697. The van der Waals surface area contributed by atoms with E-state index in [4.69, 9.17) is 21.4 Å². The maximum atomic E-state index is 11.0. The SMILES string of the molecule is O=C(O)c1ccc2c(Cl)c(OCc3ccccc3)ccc2c1. The van der Waals surface area contributed by atoms with E-state index in [9.17, 15) is 4.79 Å². The Labute approximate surface area is 132 Å². The highest BCUT2D eigenvalue weighted by Crippen LogP contribution is 2.33. The molecular formula is C18H13ClO3. The molecule has 22 heavy (non-hydrogen) atoms. The Morgan fingerprint density at radius 2 is 1.82 bits per heavy atom. The summed E-state index contributed by atoms with van der Waals surface area (Å²) >= 11 is 6.37. The van der Waals surface area contributed by atoms with Gasteiger partial charge in [-0.3, -0.25) is 0 Å². The Morgan fingerprint density at radius 3 is 2.55 bits per heavy atom. The van der Waals surface area contributed by atoms with Crippen molar-refractivity contribution in [2.24, 2.45) is 0 Å². The first kappa shape index (κ1) is 14.4. The number of rotatable bonds is 4. The van der Waals surface area contributed by atoms with Gasteiger partial charge in [-0.05, 0) is 29.1 Å². The Morgan fingerprint density at radius 1 is 1.05 bits per heavy atom. The minimum absolute atomic E-state index is 0.238. The number of hydrogen-bond acceptors (Lipinski definition) is 2. The van der Waals surface area contributed by atoms with Gasteiger partial charge in [-0.1, -0.05) is 54.1 Å². The van der Waals surface area contributed by atoms with Crippen LogP contribution in [0.2, 0.25) is 5.02 Å². The van der Waals surface area contributed by atoms with E-state index >= 15 is 0 Å². The van der Waals surface area contributed by atoms with Crippen LogP contribution in [0.5, 0.6) is 5.75 Å². The van der Waals surface area contributed by atoms with Crippen LogP contribution >= 0.6 is 11.6 Å². The van der Waals surface area contributed by atoms with E-state index in [-0.39, 0.29) is 5.56 Å². The number of carbonyl (C=O) groups is 1. The third-order valence-electron chi connectivity index (χ3n) is 3.40. The summed E-state index contributed by atoms with van der Waals surface area (Å²) in [5, 5.41) is 11.1. The molecule has 1 N–H and O–H groups in total. The van der Waals surface area contributed by atoms with Gasteiger partial charge in [0.2, 0.25) is 0 Å². The highest BCUT2D eigenvalue weighted by molar-refractivity contribution is 6.37. The molecule has 0 heterocycles. The third-order valence-corrected chi connectivity index (χ3v) is 3.79. The van der Waals surface area contributed by atoms with E-state index in [1.807, 2.05) is 36.4 Å². The molecule has 0 amide bonds. The minimum Gasteiger partial charge on any atom is -0.487 e. The number of halogens is 1. The van der Waals surface area contributed by atoms with Gasteiger partial charge >= 0.3 is 5.97 Å². The van der Waals surface area contributed by atoms with Gasteiger partial charge in [-0.25, -0.2) is 4.79 Å². The predicted molar refractivity (Wildman–Crippen MR) is 86.7 cm³/mol. The van der Waals surface area contributed by atoms with Gasteiger partial charge in [-0.2, -0.15) is 0 Å². The fourth-order valence-corrected chi connectivity index (χ4v) is 2.54. The molecule has 4 heteroatoms. The Bertz CT molecular complexity index is 828. The van der Waals surface area contributed by atoms with Crippen molar-refractivity contribution in [1.29, 1.82) is 0 Å². The second kappa shape index (κ2) is 6.08. The molecule has 110 valence electrons. The van der Waals surface area contributed by atoms with Crippen LogP contribution in [0.15, 0.2) is 60.7 Å². The summed E-state index contributed by atoms with van der Waals surface area (Å²) in [6.07, 6.45) is 0. The highest BCUT2D eigenvalue weighted by Gasteiger charge is 2.10. The number of ether oxygens (including phenoxy) is 1. The van der Waals surface area contributed by atoms with Crippen LogP contribution in [0.4, 0.5) is 0 Å². The summed E-state index contributed by atoms with van der Waals surface area (Å²) in [7, 11) is 0. The second-order valence-electron chi connectivity index (χ2n) is 4.89. The molecule has 0 bridgehead atoms. The van der Waals surface area contributed by atoms with Crippen molar-refractivity contribution >= 4 is 28.3 Å². The van der Waals surface area contributed by atoms with E-state index in [1.54, 1.807) is 18.2 Å². The van der Waals surface area contributed by atoms with Gasteiger partial charge in [0.1, 0.15) is 12.4 Å². The molecule has 3 nitrogen and oxygen atoms in total. The maximum Gasteiger partial charge on any atom is 0.335 e. The first-order valence-corrected chi connectivity index (χ1v) is 7.15. The molecule has 0 fully saturated rings. The van der Waals surface area contributed by atoms with Gasteiger partial charge in [0.05, 0.1) is 10.6 Å². The summed E-state index contributed by atoms with van der Waals surface area (Å²) in [4.78, 5) is 11.0.